The van der Waals surface area contributed by atoms with Crippen molar-refractivity contribution < 1.29 is 4.79 Å². The molecular formula is C25H30N4O. The number of carbonyl (C=O) groups is 1. The summed E-state index contributed by atoms with van der Waals surface area (Å²) in [4.78, 5) is 24.3. The van der Waals surface area contributed by atoms with Gasteiger partial charge in [-0.2, -0.15) is 0 Å². The highest BCUT2D eigenvalue weighted by Gasteiger charge is 2.47. The molecular weight excluding hydrogens is 372 g/mol. The van der Waals surface area contributed by atoms with Gasteiger partial charge in [-0.3, -0.25) is 9.78 Å². The first-order valence-electron chi connectivity index (χ1n) is 11.0. The SMILES string of the molecule is Cc1ncc(-c2ccc3cnc(CC(=O)C4CC5(CCN(C)CC5)C4)cc3c2)n1C. The normalized spacial score (nSPS) is 19.3. The van der Waals surface area contributed by atoms with Crippen LogP contribution in [0.25, 0.3) is 22.0 Å². The fourth-order valence-corrected chi connectivity index (χ4v) is 5.25. The summed E-state index contributed by atoms with van der Waals surface area (Å²) in [5.74, 6) is 1.59. The van der Waals surface area contributed by atoms with Crippen molar-refractivity contribution in [1.29, 1.82) is 0 Å². The predicted molar refractivity (Wildman–Crippen MR) is 119 cm³/mol. The van der Waals surface area contributed by atoms with Crippen LogP contribution in [-0.4, -0.2) is 45.4 Å². The van der Waals surface area contributed by atoms with Gasteiger partial charge in [0.25, 0.3) is 0 Å². The average Bonchev–Trinajstić information content (AvgIpc) is 3.05. The number of aryl methyl sites for hydroxylation is 1. The Morgan fingerprint density at radius 2 is 1.83 bits per heavy atom. The topological polar surface area (TPSA) is 51.0 Å². The van der Waals surface area contributed by atoms with Crippen LogP contribution in [-0.2, 0) is 18.3 Å². The lowest BCUT2D eigenvalue weighted by atomic mass is 9.56. The Morgan fingerprint density at radius 3 is 2.53 bits per heavy atom. The highest BCUT2D eigenvalue weighted by Crippen LogP contribution is 2.52. The van der Waals surface area contributed by atoms with Crippen LogP contribution < -0.4 is 0 Å². The smallest absolute Gasteiger partial charge is 0.141 e. The number of likely N-dealkylation sites (tertiary alicyclic amines) is 1. The molecule has 5 heteroatoms. The molecule has 1 saturated carbocycles. The summed E-state index contributed by atoms with van der Waals surface area (Å²) in [7, 11) is 4.23. The third kappa shape index (κ3) is 3.45. The largest absolute Gasteiger partial charge is 0.331 e. The average molecular weight is 403 g/mol. The first-order valence-corrected chi connectivity index (χ1v) is 11.0. The van der Waals surface area contributed by atoms with Gasteiger partial charge in [0.05, 0.1) is 11.9 Å². The second-order valence-corrected chi connectivity index (χ2v) is 9.54. The van der Waals surface area contributed by atoms with Gasteiger partial charge in [0.2, 0.25) is 0 Å². The highest BCUT2D eigenvalue weighted by atomic mass is 16.1. The second kappa shape index (κ2) is 7.31. The molecule has 1 aliphatic carbocycles. The lowest BCUT2D eigenvalue weighted by Crippen LogP contribution is -2.48. The van der Waals surface area contributed by atoms with Gasteiger partial charge in [-0.05, 0) is 75.7 Å². The maximum atomic E-state index is 12.9. The van der Waals surface area contributed by atoms with E-state index in [-0.39, 0.29) is 5.92 Å². The zero-order valence-electron chi connectivity index (χ0n) is 18.2. The molecule has 30 heavy (non-hydrogen) atoms. The molecule has 0 atom stereocenters. The lowest BCUT2D eigenvalue weighted by molar-refractivity contribution is -0.131. The van der Waals surface area contributed by atoms with Crippen LogP contribution in [0.5, 0.6) is 0 Å². The number of hydrogen-bond donors (Lipinski definition) is 0. The van der Waals surface area contributed by atoms with E-state index in [2.05, 4.69) is 50.7 Å². The summed E-state index contributed by atoms with van der Waals surface area (Å²) >= 11 is 0. The number of ketones is 1. The van der Waals surface area contributed by atoms with Gasteiger partial charge >= 0.3 is 0 Å². The van der Waals surface area contributed by atoms with Gasteiger partial charge in [-0.15, -0.1) is 0 Å². The standard InChI is InChI=1S/C25H30N4O/c1-17-26-16-23(29(17)3)18-4-5-19-15-27-22(11-20(19)10-18)12-24(30)21-13-25(14-21)6-8-28(2)9-7-25/h4-5,10-11,15-16,21H,6-9,12-14H2,1-3H3. The van der Waals surface area contributed by atoms with E-state index in [0.29, 0.717) is 17.6 Å². The number of aromatic nitrogens is 3. The number of piperidine rings is 1. The molecule has 0 unspecified atom stereocenters. The van der Waals surface area contributed by atoms with Crippen molar-refractivity contribution in [3.8, 4) is 11.3 Å². The van der Waals surface area contributed by atoms with Crippen LogP contribution in [0.15, 0.2) is 36.7 Å². The fraction of sp³-hybridized carbons (Fsp3) is 0.480. The summed E-state index contributed by atoms with van der Waals surface area (Å²) in [6.45, 7) is 4.35. The van der Waals surface area contributed by atoms with Crippen LogP contribution in [0.4, 0.5) is 0 Å². The van der Waals surface area contributed by atoms with Crippen molar-refractivity contribution in [3.63, 3.8) is 0 Å². The Morgan fingerprint density at radius 1 is 1.07 bits per heavy atom. The lowest BCUT2D eigenvalue weighted by Gasteiger charge is -2.51. The second-order valence-electron chi connectivity index (χ2n) is 9.54. The molecule has 0 radical (unpaired) electrons. The molecule has 2 aromatic heterocycles. The number of Topliss-reactive ketones (excluding diaryl/α,β-unsaturated/α-hetero) is 1. The molecule has 3 heterocycles. The molecule has 5 rings (SSSR count). The van der Waals surface area contributed by atoms with Gasteiger partial charge in [-0.1, -0.05) is 12.1 Å². The van der Waals surface area contributed by atoms with E-state index in [0.717, 1.165) is 46.4 Å². The zero-order chi connectivity index (χ0) is 20.9. The summed E-state index contributed by atoms with van der Waals surface area (Å²) in [6, 6.07) is 8.48. The number of benzene rings is 1. The van der Waals surface area contributed by atoms with E-state index in [1.54, 1.807) is 0 Å². The van der Waals surface area contributed by atoms with Crippen molar-refractivity contribution in [3.05, 3.63) is 48.2 Å². The molecule has 1 spiro atoms. The van der Waals surface area contributed by atoms with Crippen molar-refractivity contribution >= 4 is 16.6 Å². The Balaban J connectivity index is 1.30. The Labute approximate surface area is 178 Å². The molecule has 0 N–H and O–H groups in total. The Kier molecular flexibility index (Phi) is 4.73. The zero-order valence-corrected chi connectivity index (χ0v) is 18.2. The van der Waals surface area contributed by atoms with Gasteiger partial charge in [0, 0.05) is 42.2 Å². The molecule has 2 aliphatic rings. The number of fused-ring (bicyclic) bond motifs is 1. The van der Waals surface area contributed by atoms with Crippen LogP contribution in [0.2, 0.25) is 0 Å². The summed E-state index contributed by atoms with van der Waals surface area (Å²) < 4.78 is 2.10. The molecule has 5 nitrogen and oxygen atoms in total. The maximum Gasteiger partial charge on any atom is 0.141 e. The van der Waals surface area contributed by atoms with E-state index >= 15 is 0 Å². The molecule has 1 saturated heterocycles. The van der Waals surface area contributed by atoms with E-state index < -0.39 is 0 Å². The van der Waals surface area contributed by atoms with E-state index in [1.807, 2.05) is 26.4 Å². The van der Waals surface area contributed by atoms with Gasteiger partial charge in [0.1, 0.15) is 11.6 Å². The number of carbonyl (C=O) groups excluding carboxylic acids is 1. The molecule has 156 valence electrons. The molecule has 0 amide bonds. The van der Waals surface area contributed by atoms with Crippen molar-refractivity contribution in [2.45, 2.75) is 39.0 Å². The summed E-state index contributed by atoms with van der Waals surface area (Å²) in [5, 5.41) is 2.23. The summed E-state index contributed by atoms with van der Waals surface area (Å²) in [5.41, 5.74) is 3.56. The monoisotopic (exact) mass is 402 g/mol. The number of hydrogen-bond acceptors (Lipinski definition) is 4. The van der Waals surface area contributed by atoms with Crippen LogP contribution in [0.1, 0.15) is 37.2 Å². The number of rotatable bonds is 4. The summed E-state index contributed by atoms with van der Waals surface area (Å²) in [6.07, 6.45) is 8.92. The molecule has 1 aliphatic heterocycles. The third-order valence-electron chi connectivity index (χ3n) is 7.51. The number of pyridine rings is 1. The van der Waals surface area contributed by atoms with Gasteiger partial charge in [0.15, 0.2) is 0 Å². The van der Waals surface area contributed by atoms with Crippen LogP contribution in [0.3, 0.4) is 0 Å². The van der Waals surface area contributed by atoms with Crippen LogP contribution >= 0.6 is 0 Å². The minimum atomic E-state index is 0.231. The Bertz CT molecular complexity index is 1100. The van der Waals surface area contributed by atoms with Crippen LogP contribution in [0, 0.1) is 18.3 Å². The predicted octanol–water partition coefficient (Wildman–Crippen LogP) is 4.18. The van der Waals surface area contributed by atoms with E-state index in [4.69, 9.17) is 0 Å². The number of nitrogens with zero attached hydrogens (tertiary/aromatic N) is 4. The maximum absolute atomic E-state index is 12.9. The van der Waals surface area contributed by atoms with Crippen molar-refractivity contribution in [2.75, 3.05) is 20.1 Å². The fourth-order valence-electron chi connectivity index (χ4n) is 5.25. The minimum Gasteiger partial charge on any atom is -0.331 e. The van der Waals surface area contributed by atoms with Crippen molar-refractivity contribution in [1.82, 2.24) is 19.4 Å². The molecule has 1 aromatic carbocycles. The van der Waals surface area contributed by atoms with Crippen molar-refractivity contribution in [2.24, 2.45) is 18.4 Å². The molecule has 0 bridgehead atoms. The molecule has 2 fully saturated rings. The number of imidazole rings is 1. The first-order chi connectivity index (χ1) is 14.4. The van der Waals surface area contributed by atoms with E-state index in [1.165, 1.54) is 25.9 Å². The Hall–Kier alpha value is -2.53. The highest BCUT2D eigenvalue weighted by molar-refractivity contribution is 5.88. The quantitative estimate of drug-likeness (QED) is 0.657. The van der Waals surface area contributed by atoms with Gasteiger partial charge < -0.3 is 9.47 Å². The minimum absolute atomic E-state index is 0.231. The first kappa shape index (κ1) is 19.4. The molecule has 3 aromatic rings. The van der Waals surface area contributed by atoms with Gasteiger partial charge in [-0.25, -0.2) is 4.98 Å². The third-order valence-corrected chi connectivity index (χ3v) is 7.51. The van der Waals surface area contributed by atoms with E-state index in [9.17, 15) is 4.79 Å².